The number of fused-ring (bicyclic) bond motifs is 1. The summed E-state index contributed by atoms with van der Waals surface area (Å²) in [5, 5.41) is 16.0. The van der Waals surface area contributed by atoms with Crippen LogP contribution in [-0.2, 0) is 16.0 Å². The van der Waals surface area contributed by atoms with E-state index in [1.54, 1.807) is 0 Å². The van der Waals surface area contributed by atoms with E-state index in [9.17, 15) is 9.90 Å². The number of aryl methyl sites for hydroxylation is 1. The van der Waals surface area contributed by atoms with Crippen LogP contribution in [0.3, 0.4) is 0 Å². The molecule has 2 unspecified atom stereocenters. The summed E-state index contributed by atoms with van der Waals surface area (Å²) in [6.45, 7) is 5.74. The highest BCUT2D eigenvalue weighted by atomic mass is 16.5. The molecule has 134 valence electrons. The molecular weight excluding hydrogens is 304 g/mol. The molecule has 5 nitrogen and oxygen atoms in total. The van der Waals surface area contributed by atoms with Crippen LogP contribution in [-0.4, -0.2) is 43.4 Å². The highest BCUT2D eigenvalue weighted by Crippen LogP contribution is 2.32. The highest BCUT2D eigenvalue weighted by Gasteiger charge is 2.21. The molecule has 1 aromatic rings. The Morgan fingerprint density at radius 1 is 1.33 bits per heavy atom. The van der Waals surface area contributed by atoms with Gasteiger partial charge >= 0.3 is 0 Å². The third kappa shape index (κ3) is 5.89. The number of nitrogens with one attached hydrogen (secondary N) is 2. The minimum atomic E-state index is -0.542. The Morgan fingerprint density at radius 2 is 2.12 bits per heavy atom. The van der Waals surface area contributed by atoms with Gasteiger partial charge in [-0.15, -0.1) is 0 Å². The minimum absolute atomic E-state index is 0.00219. The fourth-order valence-corrected chi connectivity index (χ4v) is 2.92. The van der Waals surface area contributed by atoms with Crippen molar-refractivity contribution in [2.75, 3.05) is 26.2 Å². The molecule has 0 spiro atoms. The lowest BCUT2D eigenvalue weighted by atomic mass is 9.89. The standard InChI is InChI=1S/C19H30N2O3/c1-14(2)19(23)21-11-10-20-12-16(22)13-24-18-9-5-7-15-6-3-4-8-17(15)18/h3-4,6,8,14,16,18,20,22H,5,7,9-13H2,1-2H3,(H,21,23). The molecule has 1 aliphatic carbocycles. The lowest BCUT2D eigenvalue weighted by molar-refractivity contribution is -0.123. The van der Waals surface area contributed by atoms with Gasteiger partial charge in [-0.25, -0.2) is 0 Å². The summed E-state index contributed by atoms with van der Waals surface area (Å²) in [5.41, 5.74) is 2.63. The zero-order valence-corrected chi connectivity index (χ0v) is 14.8. The zero-order valence-electron chi connectivity index (χ0n) is 14.8. The van der Waals surface area contributed by atoms with Crippen molar-refractivity contribution in [3.8, 4) is 0 Å². The van der Waals surface area contributed by atoms with E-state index in [0.717, 1.165) is 19.3 Å². The number of hydrogen-bond donors (Lipinski definition) is 3. The third-order valence-corrected chi connectivity index (χ3v) is 4.31. The van der Waals surface area contributed by atoms with Crippen LogP contribution >= 0.6 is 0 Å². The number of hydrogen-bond acceptors (Lipinski definition) is 4. The molecule has 1 aromatic carbocycles. The van der Waals surface area contributed by atoms with Crippen molar-refractivity contribution in [3.63, 3.8) is 0 Å². The topological polar surface area (TPSA) is 70.6 Å². The SMILES string of the molecule is CC(C)C(=O)NCCNCC(O)COC1CCCc2ccccc21. The van der Waals surface area contributed by atoms with Gasteiger partial charge in [0.25, 0.3) is 0 Å². The summed E-state index contributed by atoms with van der Waals surface area (Å²) in [6, 6.07) is 8.40. The summed E-state index contributed by atoms with van der Waals surface area (Å²) in [5.74, 6) is 0.0546. The van der Waals surface area contributed by atoms with Crippen LogP contribution in [0.1, 0.15) is 43.9 Å². The Bertz CT molecular complexity index is 519. The van der Waals surface area contributed by atoms with Crippen molar-refractivity contribution in [2.45, 2.75) is 45.3 Å². The van der Waals surface area contributed by atoms with Gasteiger partial charge in [0, 0.05) is 25.6 Å². The Balaban J connectivity index is 1.62. The molecule has 0 radical (unpaired) electrons. The maximum Gasteiger partial charge on any atom is 0.222 e. The van der Waals surface area contributed by atoms with Crippen LogP contribution in [0.2, 0.25) is 0 Å². The molecular formula is C19H30N2O3. The van der Waals surface area contributed by atoms with Gasteiger partial charge in [-0.05, 0) is 30.4 Å². The first-order valence-corrected chi connectivity index (χ1v) is 8.94. The van der Waals surface area contributed by atoms with E-state index in [2.05, 4.69) is 28.8 Å². The number of rotatable bonds is 9. The maximum atomic E-state index is 11.4. The van der Waals surface area contributed by atoms with Crippen LogP contribution in [0.5, 0.6) is 0 Å². The van der Waals surface area contributed by atoms with Crippen LogP contribution in [0, 0.1) is 5.92 Å². The van der Waals surface area contributed by atoms with Gasteiger partial charge in [-0.2, -0.15) is 0 Å². The molecule has 1 aliphatic rings. The molecule has 1 amide bonds. The van der Waals surface area contributed by atoms with Crippen molar-refractivity contribution < 1.29 is 14.6 Å². The molecule has 0 aliphatic heterocycles. The van der Waals surface area contributed by atoms with Crippen LogP contribution in [0.25, 0.3) is 0 Å². The molecule has 0 heterocycles. The largest absolute Gasteiger partial charge is 0.389 e. The summed E-state index contributed by atoms with van der Waals surface area (Å²) >= 11 is 0. The normalized spacial score (nSPS) is 18.2. The van der Waals surface area contributed by atoms with Gasteiger partial charge in [0.05, 0.1) is 18.8 Å². The van der Waals surface area contributed by atoms with Gasteiger partial charge in [-0.3, -0.25) is 4.79 Å². The number of aliphatic hydroxyl groups is 1. The van der Waals surface area contributed by atoms with E-state index in [-0.39, 0.29) is 17.9 Å². The zero-order chi connectivity index (χ0) is 17.4. The molecule has 0 saturated carbocycles. The first-order valence-electron chi connectivity index (χ1n) is 8.94. The van der Waals surface area contributed by atoms with Gasteiger partial charge in [0.2, 0.25) is 5.91 Å². The molecule has 5 heteroatoms. The molecule has 2 rings (SSSR count). The summed E-state index contributed by atoms with van der Waals surface area (Å²) in [6.07, 6.45) is 2.81. The molecule has 2 atom stereocenters. The Kier molecular flexibility index (Phi) is 7.69. The number of ether oxygens (including phenoxy) is 1. The van der Waals surface area contributed by atoms with Crippen molar-refractivity contribution in [1.29, 1.82) is 0 Å². The Labute approximate surface area is 144 Å². The first-order chi connectivity index (χ1) is 11.6. The first kappa shape index (κ1) is 18.9. The number of aliphatic hydroxyl groups excluding tert-OH is 1. The molecule has 24 heavy (non-hydrogen) atoms. The quantitative estimate of drug-likeness (QED) is 0.602. The van der Waals surface area contributed by atoms with Crippen LogP contribution < -0.4 is 10.6 Å². The van der Waals surface area contributed by atoms with E-state index >= 15 is 0 Å². The maximum absolute atomic E-state index is 11.4. The van der Waals surface area contributed by atoms with E-state index in [1.807, 2.05) is 19.9 Å². The Morgan fingerprint density at radius 3 is 2.92 bits per heavy atom. The minimum Gasteiger partial charge on any atom is -0.389 e. The van der Waals surface area contributed by atoms with E-state index in [0.29, 0.717) is 26.2 Å². The fraction of sp³-hybridized carbons (Fsp3) is 0.632. The predicted molar refractivity (Wildman–Crippen MR) is 94.8 cm³/mol. The van der Waals surface area contributed by atoms with E-state index < -0.39 is 6.10 Å². The van der Waals surface area contributed by atoms with Crippen LogP contribution in [0.4, 0.5) is 0 Å². The lowest BCUT2D eigenvalue weighted by Crippen LogP contribution is -2.38. The van der Waals surface area contributed by atoms with Crippen molar-refractivity contribution in [3.05, 3.63) is 35.4 Å². The number of benzene rings is 1. The monoisotopic (exact) mass is 334 g/mol. The average Bonchev–Trinajstić information content (AvgIpc) is 2.59. The van der Waals surface area contributed by atoms with E-state index in [4.69, 9.17) is 4.74 Å². The number of carbonyl (C=O) groups is 1. The molecule has 0 fully saturated rings. The molecule has 0 aromatic heterocycles. The highest BCUT2D eigenvalue weighted by molar-refractivity contribution is 5.77. The van der Waals surface area contributed by atoms with Gasteiger partial charge < -0.3 is 20.5 Å². The third-order valence-electron chi connectivity index (χ3n) is 4.31. The van der Waals surface area contributed by atoms with Gasteiger partial charge in [0.15, 0.2) is 0 Å². The van der Waals surface area contributed by atoms with Crippen molar-refractivity contribution in [1.82, 2.24) is 10.6 Å². The lowest BCUT2D eigenvalue weighted by Gasteiger charge is -2.26. The number of carbonyl (C=O) groups excluding carboxylic acids is 1. The summed E-state index contributed by atoms with van der Waals surface area (Å²) in [7, 11) is 0. The second-order valence-corrected chi connectivity index (χ2v) is 6.72. The van der Waals surface area contributed by atoms with E-state index in [1.165, 1.54) is 11.1 Å². The second kappa shape index (κ2) is 9.77. The smallest absolute Gasteiger partial charge is 0.222 e. The Hall–Kier alpha value is -1.43. The predicted octanol–water partition coefficient (Wildman–Crippen LogP) is 1.80. The average molecular weight is 334 g/mol. The fourth-order valence-electron chi connectivity index (χ4n) is 2.92. The summed E-state index contributed by atoms with van der Waals surface area (Å²) in [4.78, 5) is 11.4. The van der Waals surface area contributed by atoms with Crippen molar-refractivity contribution in [2.24, 2.45) is 5.92 Å². The molecule has 3 N–H and O–H groups in total. The number of amides is 1. The second-order valence-electron chi connectivity index (χ2n) is 6.72. The molecule has 0 saturated heterocycles. The summed E-state index contributed by atoms with van der Waals surface area (Å²) < 4.78 is 5.94. The van der Waals surface area contributed by atoms with Crippen molar-refractivity contribution >= 4 is 5.91 Å². The van der Waals surface area contributed by atoms with Gasteiger partial charge in [-0.1, -0.05) is 38.1 Å². The van der Waals surface area contributed by atoms with Crippen LogP contribution in [0.15, 0.2) is 24.3 Å². The van der Waals surface area contributed by atoms with Gasteiger partial charge in [0.1, 0.15) is 0 Å². The molecule has 0 bridgehead atoms.